The van der Waals surface area contributed by atoms with Crippen molar-refractivity contribution < 1.29 is 27.5 Å². The second-order valence-corrected chi connectivity index (χ2v) is 11.6. The quantitative estimate of drug-likeness (QED) is 0.217. The summed E-state index contributed by atoms with van der Waals surface area (Å²) in [4.78, 5) is 34.4. The molecule has 6 rings (SSSR count). The van der Waals surface area contributed by atoms with E-state index in [4.69, 9.17) is 0 Å². The number of alkyl halides is 3. The number of ketones is 1. The van der Waals surface area contributed by atoms with E-state index in [0.717, 1.165) is 35.1 Å². The summed E-state index contributed by atoms with van der Waals surface area (Å²) in [6.45, 7) is 2.05. The van der Waals surface area contributed by atoms with Crippen LogP contribution in [0.25, 0.3) is 17.1 Å². The molecular formula is C32H27F3N4O3S. The number of Topliss-reactive ketones (excluding diaryl/α,β-unsaturated/α-hetero) is 1. The Morgan fingerprint density at radius 3 is 2.53 bits per heavy atom. The largest absolute Gasteiger partial charge is 0.573 e. The Bertz CT molecular complexity index is 1680. The molecule has 11 heteroatoms. The van der Waals surface area contributed by atoms with Gasteiger partial charge in [-0.3, -0.25) is 9.59 Å². The summed E-state index contributed by atoms with van der Waals surface area (Å²) >= 11 is 1.37. The van der Waals surface area contributed by atoms with Crippen molar-refractivity contribution in [3.05, 3.63) is 95.8 Å². The maximum absolute atomic E-state index is 12.9. The van der Waals surface area contributed by atoms with Gasteiger partial charge in [-0.2, -0.15) is 0 Å². The molecular weight excluding hydrogens is 577 g/mol. The average molecular weight is 605 g/mol. The summed E-state index contributed by atoms with van der Waals surface area (Å²) in [5.41, 5.74) is 4.50. The molecule has 43 heavy (non-hydrogen) atoms. The minimum absolute atomic E-state index is 0.0922. The van der Waals surface area contributed by atoms with E-state index in [1.807, 2.05) is 48.5 Å². The smallest absolute Gasteiger partial charge is 0.406 e. The van der Waals surface area contributed by atoms with Crippen LogP contribution in [0.1, 0.15) is 48.3 Å². The first-order valence-corrected chi connectivity index (χ1v) is 14.9. The molecule has 2 heterocycles. The molecule has 4 aromatic rings. The SMILES string of the molecule is CCc1ccccc1C1C(=O)CSC1=NC(=O)CC1CC1c1ccc(-c2ncn(-c3ccc(OC(F)(F)F)cc3)n2)cc1. The molecule has 0 radical (unpaired) electrons. The lowest BCUT2D eigenvalue weighted by atomic mass is 9.91. The second kappa shape index (κ2) is 11.8. The Labute approximate surface area is 250 Å². The fourth-order valence-corrected chi connectivity index (χ4v) is 6.51. The summed E-state index contributed by atoms with van der Waals surface area (Å²) in [6.07, 6.45) is -1.21. The first kappa shape index (κ1) is 28.9. The second-order valence-electron chi connectivity index (χ2n) is 10.6. The number of nitrogens with zero attached hydrogens (tertiary/aromatic N) is 4. The minimum atomic E-state index is -4.75. The van der Waals surface area contributed by atoms with Gasteiger partial charge in [-0.25, -0.2) is 14.7 Å². The van der Waals surface area contributed by atoms with E-state index in [9.17, 15) is 22.8 Å². The van der Waals surface area contributed by atoms with Crippen molar-refractivity contribution >= 4 is 28.5 Å². The Morgan fingerprint density at radius 1 is 1.07 bits per heavy atom. The molecule has 7 nitrogen and oxygen atoms in total. The fourth-order valence-electron chi connectivity index (χ4n) is 5.46. The zero-order chi connectivity index (χ0) is 30.1. The number of halogens is 3. The van der Waals surface area contributed by atoms with Crippen LogP contribution in [0.3, 0.4) is 0 Å². The number of carbonyl (C=O) groups excluding carboxylic acids is 2. The van der Waals surface area contributed by atoms with Crippen molar-refractivity contribution in [3.8, 4) is 22.8 Å². The van der Waals surface area contributed by atoms with Crippen molar-refractivity contribution in [1.82, 2.24) is 14.8 Å². The first-order chi connectivity index (χ1) is 20.7. The number of aromatic nitrogens is 3. The van der Waals surface area contributed by atoms with E-state index in [1.54, 1.807) is 0 Å². The van der Waals surface area contributed by atoms with Gasteiger partial charge in [0.05, 0.1) is 22.4 Å². The van der Waals surface area contributed by atoms with Crippen molar-refractivity contribution in [2.45, 2.75) is 44.4 Å². The highest BCUT2D eigenvalue weighted by atomic mass is 32.2. The Hall–Kier alpha value is -4.25. The summed E-state index contributed by atoms with van der Waals surface area (Å²) in [5.74, 6) is 0.417. The molecule has 1 saturated heterocycles. The van der Waals surface area contributed by atoms with Crippen LogP contribution in [0.15, 0.2) is 84.1 Å². The predicted molar refractivity (Wildman–Crippen MR) is 157 cm³/mol. The monoisotopic (exact) mass is 604 g/mol. The number of aliphatic imine (C=N–C) groups is 1. The molecule has 2 fully saturated rings. The van der Waals surface area contributed by atoms with Crippen LogP contribution in [0.4, 0.5) is 13.2 Å². The fraction of sp³-hybridized carbons (Fsp3) is 0.281. The van der Waals surface area contributed by atoms with E-state index in [2.05, 4.69) is 26.7 Å². The summed E-state index contributed by atoms with van der Waals surface area (Å²) < 4.78 is 42.6. The number of hydrogen-bond donors (Lipinski definition) is 0. The van der Waals surface area contributed by atoms with Crippen LogP contribution in [-0.2, 0) is 16.0 Å². The topological polar surface area (TPSA) is 86.4 Å². The zero-order valence-corrected chi connectivity index (χ0v) is 23.9. The van der Waals surface area contributed by atoms with Gasteiger partial charge in [0.1, 0.15) is 12.1 Å². The van der Waals surface area contributed by atoms with Gasteiger partial charge in [0, 0.05) is 12.0 Å². The number of carbonyl (C=O) groups is 2. The van der Waals surface area contributed by atoms with E-state index >= 15 is 0 Å². The highest BCUT2D eigenvalue weighted by molar-refractivity contribution is 8.15. The third-order valence-corrected chi connectivity index (χ3v) is 8.75. The number of aryl methyl sites for hydroxylation is 1. The van der Waals surface area contributed by atoms with Crippen LogP contribution in [0, 0.1) is 5.92 Å². The lowest BCUT2D eigenvalue weighted by molar-refractivity contribution is -0.274. The van der Waals surface area contributed by atoms with Gasteiger partial charge < -0.3 is 4.74 Å². The molecule has 1 aliphatic carbocycles. The third-order valence-electron chi connectivity index (χ3n) is 7.70. The standard InChI is InChI=1S/C32H27F3N4O3S/c1-2-19-5-3-4-6-25(19)29-27(40)17-43-31(29)37-28(41)16-22-15-26(22)20-7-9-21(10-8-20)30-36-18-39(38-30)23-11-13-24(14-12-23)42-32(33,34)35/h3-14,18,22,26,29H,2,15-17H2,1H3. The first-order valence-electron chi connectivity index (χ1n) is 13.9. The van der Waals surface area contributed by atoms with E-state index in [1.165, 1.54) is 47.0 Å². The number of hydrogen-bond acceptors (Lipinski definition) is 6. The van der Waals surface area contributed by atoms with Gasteiger partial charge in [0.2, 0.25) is 5.91 Å². The number of benzene rings is 3. The Kier molecular flexibility index (Phi) is 7.91. The highest BCUT2D eigenvalue weighted by Crippen LogP contribution is 2.50. The highest BCUT2D eigenvalue weighted by Gasteiger charge is 2.40. The molecule has 0 N–H and O–H groups in total. The lowest BCUT2D eigenvalue weighted by Gasteiger charge is -2.13. The van der Waals surface area contributed by atoms with Crippen molar-refractivity contribution in [2.75, 3.05) is 5.75 Å². The van der Waals surface area contributed by atoms with Crippen LogP contribution in [0.5, 0.6) is 5.75 Å². The Morgan fingerprint density at radius 2 is 1.81 bits per heavy atom. The maximum atomic E-state index is 12.9. The number of thioether (sulfide) groups is 1. The molecule has 3 aromatic carbocycles. The molecule has 1 amide bonds. The summed E-state index contributed by atoms with van der Waals surface area (Å²) in [7, 11) is 0. The van der Waals surface area contributed by atoms with Gasteiger partial charge in [0.25, 0.3) is 0 Å². The van der Waals surface area contributed by atoms with Crippen molar-refractivity contribution in [1.29, 1.82) is 0 Å². The van der Waals surface area contributed by atoms with Gasteiger partial charge in [-0.1, -0.05) is 55.5 Å². The number of amides is 1. The molecule has 0 bridgehead atoms. The number of rotatable bonds is 8. The van der Waals surface area contributed by atoms with Gasteiger partial charge in [-0.15, -0.1) is 30.0 Å². The average Bonchev–Trinajstić information content (AvgIpc) is 3.39. The predicted octanol–water partition coefficient (Wildman–Crippen LogP) is 6.91. The Balaban J connectivity index is 1.07. The van der Waals surface area contributed by atoms with E-state index in [-0.39, 0.29) is 29.3 Å². The molecule has 3 unspecified atom stereocenters. The molecule has 1 aliphatic heterocycles. The molecule has 0 spiro atoms. The molecule has 1 aromatic heterocycles. The van der Waals surface area contributed by atoms with Crippen LogP contribution in [0.2, 0.25) is 0 Å². The third kappa shape index (κ3) is 6.56. The minimum Gasteiger partial charge on any atom is -0.406 e. The van der Waals surface area contributed by atoms with Crippen LogP contribution in [-0.4, -0.2) is 43.6 Å². The molecule has 2 aliphatic rings. The summed E-state index contributed by atoms with van der Waals surface area (Å²) in [6, 6.07) is 21.1. The van der Waals surface area contributed by atoms with Crippen molar-refractivity contribution in [3.63, 3.8) is 0 Å². The maximum Gasteiger partial charge on any atom is 0.573 e. The lowest BCUT2D eigenvalue weighted by Crippen LogP contribution is -2.17. The van der Waals surface area contributed by atoms with E-state index < -0.39 is 12.3 Å². The summed E-state index contributed by atoms with van der Waals surface area (Å²) in [5, 5.41) is 5.06. The normalized spacial score (nSPS) is 20.9. The van der Waals surface area contributed by atoms with Crippen LogP contribution < -0.4 is 4.74 Å². The molecule has 1 saturated carbocycles. The zero-order valence-electron chi connectivity index (χ0n) is 23.1. The number of ether oxygens (including phenoxy) is 1. The molecule has 220 valence electrons. The van der Waals surface area contributed by atoms with Crippen LogP contribution >= 0.6 is 11.8 Å². The van der Waals surface area contributed by atoms with Gasteiger partial charge >= 0.3 is 6.36 Å². The van der Waals surface area contributed by atoms with E-state index in [0.29, 0.717) is 28.7 Å². The molecule has 3 atom stereocenters. The van der Waals surface area contributed by atoms with Gasteiger partial charge in [-0.05, 0) is 65.6 Å². The van der Waals surface area contributed by atoms with Crippen molar-refractivity contribution in [2.24, 2.45) is 10.9 Å². The van der Waals surface area contributed by atoms with Gasteiger partial charge in [0.15, 0.2) is 11.6 Å².